The van der Waals surface area contributed by atoms with E-state index in [1.807, 2.05) is 0 Å². The summed E-state index contributed by atoms with van der Waals surface area (Å²) in [6.07, 6.45) is -0.960. The fourth-order valence-corrected chi connectivity index (χ4v) is 1.81. The number of carbonyl (C=O) groups excluding carboxylic acids is 1. The minimum absolute atomic E-state index is 0.0526. The van der Waals surface area contributed by atoms with Crippen LogP contribution in [0.25, 0.3) is 0 Å². The second-order valence-corrected chi connectivity index (χ2v) is 4.74. The highest BCUT2D eigenvalue weighted by atomic mass is 16.5. The van der Waals surface area contributed by atoms with E-state index < -0.39 is 18.6 Å². The highest BCUT2D eigenvalue weighted by Crippen LogP contribution is 2.32. The van der Waals surface area contributed by atoms with Crippen LogP contribution < -0.4 is 20.5 Å². The molecular formula is C14H21N3O6. The molecule has 0 aromatic heterocycles. The summed E-state index contributed by atoms with van der Waals surface area (Å²) in [7, 11) is 1.44. The predicted molar refractivity (Wildman–Crippen MR) is 81.8 cm³/mol. The number of rotatable bonds is 8. The Hall–Kier alpha value is -2.52. The van der Waals surface area contributed by atoms with Gasteiger partial charge in [0.25, 0.3) is 0 Å². The molecule has 1 unspecified atom stereocenters. The Bertz CT molecular complexity index is 576. The van der Waals surface area contributed by atoms with Gasteiger partial charge in [0, 0.05) is 12.1 Å². The van der Waals surface area contributed by atoms with Crippen molar-refractivity contribution in [2.24, 2.45) is 10.9 Å². The van der Waals surface area contributed by atoms with E-state index in [1.54, 1.807) is 13.0 Å². The Morgan fingerprint density at radius 1 is 1.48 bits per heavy atom. The number of nitrogens with one attached hydrogen (secondary N) is 1. The van der Waals surface area contributed by atoms with Crippen LogP contribution >= 0.6 is 0 Å². The van der Waals surface area contributed by atoms with Crippen molar-refractivity contribution >= 4 is 11.7 Å². The number of hydrogen-bond donors (Lipinski definition) is 5. The zero-order chi connectivity index (χ0) is 17.4. The Morgan fingerprint density at radius 2 is 2.17 bits per heavy atom. The summed E-state index contributed by atoms with van der Waals surface area (Å²) in [5.74, 6) is 0.110. The van der Waals surface area contributed by atoms with Gasteiger partial charge in [0.2, 0.25) is 5.91 Å². The van der Waals surface area contributed by atoms with Crippen LogP contribution in [0.5, 0.6) is 11.5 Å². The van der Waals surface area contributed by atoms with Gasteiger partial charge < -0.3 is 35.9 Å². The number of aliphatic hydroxyl groups is 2. The third kappa shape index (κ3) is 5.31. The number of hydrogen-bond acceptors (Lipinski definition) is 7. The van der Waals surface area contributed by atoms with Gasteiger partial charge >= 0.3 is 0 Å². The Kier molecular flexibility index (Phi) is 7.10. The summed E-state index contributed by atoms with van der Waals surface area (Å²) in [6.45, 7) is 0.955. The van der Waals surface area contributed by atoms with E-state index in [-0.39, 0.29) is 19.0 Å². The van der Waals surface area contributed by atoms with Gasteiger partial charge in [-0.2, -0.15) is 0 Å². The molecule has 1 aromatic carbocycles. The van der Waals surface area contributed by atoms with Crippen molar-refractivity contribution in [2.45, 2.75) is 13.0 Å². The molecular weight excluding hydrogens is 306 g/mol. The predicted octanol–water partition coefficient (Wildman–Crippen LogP) is -1.05. The van der Waals surface area contributed by atoms with Crippen molar-refractivity contribution in [1.82, 2.24) is 5.32 Å². The van der Waals surface area contributed by atoms with Crippen LogP contribution in [-0.2, 0) is 4.79 Å². The lowest BCUT2D eigenvalue weighted by Gasteiger charge is -2.17. The smallest absolute Gasteiger partial charge is 0.245 e. The topological polar surface area (TPSA) is 147 Å². The maximum Gasteiger partial charge on any atom is 0.245 e. The lowest BCUT2D eigenvalue weighted by molar-refractivity contribution is -0.124. The number of aryl methyl sites for hydroxylation is 1. The highest BCUT2D eigenvalue weighted by molar-refractivity contribution is 5.97. The Labute approximate surface area is 133 Å². The van der Waals surface area contributed by atoms with Crippen molar-refractivity contribution in [1.29, 1.82) is 0 Å². The number of amidine groups is 1. The van der Waals surface area contributed by atoms with Gasteiger partial charge in [0.15, 0.2) is 17.3 Å². The van der Waals surface area contributed by atoms with Gasteiger partial charge in [-0.25, -0.2) is 0 Å². The molecule has 1 amide bonds. The number of methoxy groups -OCH3 is 1. The zero-order valence-corrected chi connectivity index (χ0v) is 12.9. The molecule has 9 nitrogen and oxygen atoms in total. The number of benzene rings is 1. The largest absolute Gasteiger partial charge is 0.493 e. The molecule has 9 heteroatoms. The number of amides is 1. The van der Waals surface area contributed by atoms with E-state index in [2.05, 4.69) is 10.5 Å². The summed E-state index contributed by atoms with van der Waals surface area (Å²) >= 11 is 0. The number of aliphatic hydroxyl groups excluding tert-OH is 2. The van der Waals surface area contributed by atoms with Gasteiger partial charge in [0.05, 0.1) is 7.11 Å². The number of ether oxygens (including phenoxy) is 2. The first-order valence-electron chi connectivity index (χ1n) is 6.77. The molecule has 0 aliphatic rings. The normalized spacial score (nSPS) is 12.6. The van der Waals surface area contributed by atoms with E-state index in [9.17, 15) is 9.90 Å². The van der Waals surface area contributed by atoms with E-state index in [4.69, 9.17) is 25.5 Å². The van der Waals surface area contributed by atoms with E-state index >= 15 is 0 Å². The summed E-state index contributed by atoms with van der Waals surface area (Å²) in [4.78, 5) is 10.9. The van der Waals surface area contributed by atoms with Crippen molar-refractivity contribution in [3.63, 3.8) is 0 Å². The molecule has 0 heterocycles. The molecule has 128 valence electrons. The van der Waals surface area contributed by atoms with Crippen LogP contribution in [0.2, 0.25) is 0 Å². The van der Waals surface area contributed by atoms with Crippen LogP contribution in [0.4, 0.5) is 0 Å². The fourth-order valence-electron chi connectivity index (χ4n) is 1.81. The molecule has 0 aliphatic heterocycles. The molecule has 0 radical (unpaired) electrons. The van der Waals surface area contributed by atoms with E-state index in [0.29, 0.717) is 22.6 Å². The highest BCUT2D eigenvalue weighted by Gasteiger charge is 2.15. The lowest BCUT2D eigenvalue weighted by atomic mass is 10.1. The molecule has 0 bridgehead atoms. The van der Waals surface area contributed by atoms with Gasteiger partial charge in [-0.1, -0.05) is 5.16 Å². The Morgan fingerprint density at radius 3 is 2.74 bits per heavy atom. The summed E-state index contributed by atoms with van der Waals surface area (Å²) in [5, 5.41) is 32.3. The van der Waals surface area contributed by atoms with Crippen LogP contribution in [0.15, 0.2) is 17.3 Å². The van der Waals surface area contributed by atoms with Crippen LogP contribution in [-0.4, -0.2) is 60.1 Å². The molecule has 6 N–H and O–H groups in total. The van der Waals surface area contributed by atoms with Crippen LogP contribution in [0.1, 0.15) is 11.1 Å². The molecule has 23 heavy (non-hydrogen) atoms. The average Bonchev–Trinajstić information content (AvgIpc) is 2.56. The Balaban J connectivity index is 2.78. The van der Waals surface area contributed by atoms with Crippen molar-refractivity contribution in [3.05, 3.63) is 23.3 Å². The van der Waals surface area contributed by atoms with E-state index in [0.717, 1.165) is 0 Å². The molecule has 0 spiro atoms. The van der Waals surface area contributed by atoms with Crippen molar-refractivity contribution in [3.8, 4) is 11.5 Å². The first kappa shape index (κ1) is 18.5. The van der Waals surface area contributed by atoms with Gasteiger partial charge in [-0.15, -0.1) is 0 Å². The quantitative estimate of drug-likeness (QED) is 0.177. The second-order valence-electron chi connectivity index (χ2n) is 4.74. The molecule has 0 saturated carbocycles. The number of oxime groups is 1. The molecule has 1 aromatic rings. The molecule has 1 atom stereocenters. The minimum Gasteiger partial charge on any atom is -0.493 e. The summed E-state index contributed by atoms with van der Waals surface area (Å²) < 4.78 is 10.7. The zero-order valence-electron chi connectivity index (χ0n) is 12.9. The van der Waals surface area contributed by atoms with Gasteiger partial charge in [0.1, 0.15) is 19.3 Å². The van der Waals surface area contributed by atoms with Gasteiger partial charge in [-0.3, -0.25) is 4.79 Å². The molecule has 1 rings (SSSR count). The summed E-state index contributed by atoms with van der Waals surface area (Å²) in [5.41, 5.74) is 6.67. The molecule has 0 saturated heterocycles. The third-order valence-corrected chi connectivity index (χ3v) is 2.96. The maximum absolute atomic E-state index is 10.9. The van der Waals surface area contributed by atoms with Crippen molar-refractivity contribution < 1.29 is 29.7 Å². The average molecular weight is 327 g/mol. The monoisotopic (exact) mass is 327 g/mol. The number of nitrogens with zero attached hydrogens (tertiary/aromatic N) is 1. The van der Waals surface area contributed by atoms with Crippen LogP contribution in [0.3, 0.4) is 0 Å². The van der Waals surface area contributed by atoms with Crippen molar-refractivity contribution in [2.75, 3.05) is 26.9 Å². The van der Waals surface area contributed by atoms with Gasteiger partial charge in [-0.05, 0) is 24.6 Å². The molecule has 0 fully saturated rings. The number of carbonyl (C=O) groups is 1. The first-order valence-corrected chi connectivity index (χ1v) is 6.77. The standard InChI is InChI=1S/C14H21N3O6/c1-8-3-9(14(15)17-21)4-11(22-2)13(8)23-7-10(19)5-16-12(20)6-18/h3-4,10,18-19,21H,5-7H2,1-2H3,(H2,15,17)(H,16,20). The lowest BCUT2D eigenvalue weighted by Crippen LogP contribution is -2.36. The van der Waals surface area contributed by atoms with E-state index in [1.165, 1.54) is 13.2 Å². The third-order valence-electron chi connectivity index (χ3n) is 2.96. The first-order chi connectivity index (χ1) is 10.9. The fraction of sp³-hybridized carbons (Fsp3) is 0.429. The SMILES string of the molecule is COc1cc(C(N)=NO)cc(C)c1OCC(O)CNC(=O)CO. The summed E-state index contributed by atoms with van der Waals surface area (Å²) in [6, 6.07) is 3.18. The number of nitrogens with two attached hydrogens (primary N) is 1. The molecule has 0 aliphatic carbocycles. The second kappa shape index (κ2) is 8.81. The maximum atomic E-state index is 10.9. The minimum atomic E-state index is -0.960. The van der Waals surface area contributed by atoms with Crippen LogP contribution in [0, 0.1) is 6.92 Å².